The van der Waals surface area contributed by atoms with Gasteiger partial charge in [-0.25, -0.2) is 0 Å². The molecule has 0 atom stereocenters. The van der Waals surface area contributed by atoms with E-state index in [-0.39, 0.29) is 11.8 Å². The average molecular weight is 315 g/mol. The lowest BCUT2D eigenvalue weighted by Gasteiger charge is -2.35. The molecule has 6 nitrogen and oxygen atoms in total. The Morgan fingerprint density at radius 2 is 1.70 bits per heavy atom. The van der Waals surface area contributed by atoms with Crippen LogP contribution in [0, 0.1) is 5.41 Å². The van der Waals surface area contributed by atoms with Crippen LogP contribution in [-0.4, -0.2) is 61.3 Å². The molecule has 2 aliphatic rings. The van der Waals surface area contributed by atoms with Crippen LogP contribution < -0.4 is 4.90 Å². The Labute approximate surface area is 135 Å². The summed E-state index contributed by atoms with van der Waals surface area (Å²) in [5, 5.41) is 0. The number of carbonyl (C=O) groups is 3. The van der Waals surface area contributed by atoms with E-state index in [1.165, 1.54) is 0 Å². The number of hydrogen-bond acceptors (Lipinski definition) is 3. The highest BCUT2D eigenvalue weighted by atomic mass is 16.2. The Hall–Kier alpha value is -2.37. The molecule has 1 heterocycles. The predicted octanol–water partition coefficient (Wildman–Crippen LogP) is 0.730. The van der Waals surface area contributed by atoms with Crippen molar-refractivity contribution in [3.8, 4) is 0 Å². The molecule has 122 valence electrons. The van der Waals surface area contributed by atoms with Crippen molar-refractivity contribution in [1.29, 1.82) is 0 Å². The highest BCUT2D eigenvalue weighted by Crippen LogP contribution is 2.49. The zero-order chi connectivity index (χ0) is 16.4. The van der Waals surface area contributed by atoms with Gasteiger partial charge in [-0.3, -0.25) is 14.4 Å². The fourth-order valence-electron chi connectivity index (χ4n) is 3.07. The van der Waals surface area contributed by atoms with E-state index in [2.05, 4.69) is 0 Å². The smallest absolute Gasteiger partial charge is 0.242 e. The van der Waals surface area contributed by atoms with Crippen LogP contribution in [0.1, 0.15) is 12.8 Å². The highest BCUT2D eigenvalue weighted by molar-refractivity contribution is 6.13. The lowest BCUT2D eigenvalue weighted by Crippen LogP contribution is -2.53. The first kappa shape index (κ1) is 15.5. The van der Waals surface area contributed by atoms with Crippen molar-refractivity contribution in [3.63, 3.8) is 0 Å². The van der Waals surface area contributed by atoms with Gasteiger partial charge in [-0.2, -0.15) is 0 Å². The first-order valence-electron chi connectivity index (χ1n) is 7.90. The number of rotatable bonds is 4. The molecule has 23 heavy (non-hydrogen) atoms. The van der Waals surface area contributed by atoms with E-state index in [0.29, 0.717) is 39.0 Å². The summed E-state index contributed by atoms with van der Waals surface area (Å²) in [4.78, 5) is 41.4. The molecule has 0 unspecified atom stereocenters. The number of benzene rings is 1. The van der Waals surface area contributed by atoms with Crippen LogP contribution in [0.4, 0.5) is 5.69 Å². The minimum Gasteiger partial charge on any atom is -0.342 e. The summed E-state index contributed by atoms with van der Waals surface area (Å²) < 4.78 is 0. The van der Waals surface area contributed by atoms with Crippen LogP contribution in [0.2, 0.25) is 0 Å². The topological polar surface area (TPSA) is 60.9 Å². The highest BCUT2D eigenvalue weighted by Gasteiger charge is 2.59. The molecule has 0 spiro atoms. The normalized spacial score (nSPS) is 19.2. The third-order valence-electron chi connectivity index (χ3n) is 4.77. The van der Waals surface area contributed by atoms with Crippen molar-refractivity contribution in [1.82, 2.24) is 9.80 Å². The second kappa shape index (κ2) is 6.02. The van der Waals surface area contributed by atoms with Gasteiger partial charge in [-0.1, -0.05) is 18.2 Å². The standard InChI is InChI=1S/C17H21N3O3/c1-18(14-5-3-2-4-6-14)15(22)17(7-8-17)16(23)20-11-9-19(13-21)10-12-20/h2-6,13H,7-12H2,1H3. The van der Waals surface area contributed by atoms with Gasteiger partial charge in [-0.05, 0) is 25.0 Å². The summed E-state index contributed by atoms with van der Waals surface area (Å²) in [6.07, 6.45) is 2.02. The van der Waals surface area contributed by atoms with Gasteiger partial charge >= 0.3 is 0 Å². The molecule has 1 saturated carbocycles. The maximum Gasteiger partial charge on any atom is 0.242 e. The van der Waals surface area contributed by atoms with Gasteiger partial charge < -0.3 is 14.7 Å². The molecule has 1 saturated heterocycles. The summed E-state index contributed by atoms with van der Waals surface area (Å²) in [6.45, 7) is 2.07. The molecular weight excluding hydrogens is 294 g/mol. The Balaban J connectivity index is 1.70. The van der Waals surface area contributed by atoms with E-state index in [1.54, 1.807) is 21.7 Å². The number of carbonyl (C=O) groups excluding carboxylic acids is 3. The third kappa shape index (κ3) is 2.81. The molecular formula is C17H21N3O3. The van der Waals surface area contributed by atoms with Gasteiger partial charge in [0.05, 0.1) is 0 Å². The maximum atomic E-state index is 12.8. The zero-order valence-electron chi connectivity index (χ0n) is 13.3. The first-order valence-corrected chi connectivity index (χ1v) is 7.90. The first-order chi connectivity index (χ1) is 11.1. The monoisotopic (exact) mass is 315 g/mol. The number of piperazine rings is 1. The van der Waals surface area contributed by atoms with Crippen molar-refractivity contribution in [2.24, 2.45) is 5.41 Å². The van der Waals surface area contributed by atoms with Crippen LogP contribution >= 0.6 is 0 Å². The zero-order valence-corrected chi connectivity index (χ0v) is 13.3. The lowest BCUT2D eigenvalue weighted by atomic mass is 10.0. The molecule has 0 aromatic heterocycles. The van der Waals surface area contributed by atoms with Crippen LogP contribution in [0.5, 0.6) is 0 Å². The molecule has 6 heteroatoms. The van der Waals surface area contributed by atoms with Gasteiger partial charge in [0.1, 0.15) is 5.41 Å². The van der Waals surface area contributed by atoms with Gasteiger partial charge in [-0.15, -0.1) is 0 Å². The molecule has 0 radical (unpaired) electrons. The Kier molecular flexibility index (Phi) is 4.07. The van der Waals surface area contributed by atoms with E-state index >= 15 is 0 Å². The SMILES string of the molecule is CN(C(=O)C1(C(=O)N2CCN(C=O)CC2)CC1)c1ccccc1. The van der Waals surface area contributed by atoms with Crippen molar-refractivity contribution in [3.05, 3.63) is 30.3 Å². The van der Waals surface area contributed by atoms with Crippen molar-refractivity contribution >= 4 is 23.9 Å². The molecule has 1 aliphatic heterocycles. The average Bonchev–Trinajstić information content (AvgIpc) is 3.42. The molecule has 3 rings (SSSR count). The van der Waals surface area contributed by atoms with E-state index < -0.39 is 5.41 Å². The molecule has 1 aromatic carbocycles. The Morgan fingerprint density at radius 3 is 2.22 bits per heavy atom. The number of anilines is 1. The fourth-order valence-corrected chi connectivity index (χ4v) is 3.07. The number of hydrogen-bond donors (Lipinski definition) is 0. The van der Waals surface area contributed by atoms with Crippen LogP contribution in [0.15, 0.2) is 30.3 Å². The van der Waals surface area contributed by atoms with Crippen LogP contribution in [0.25, 0.3) is 0 Å². The second-order valence-electron chi connectivity index (χ2n) is 6.22. The van der Waals surface area contributed by atoms with E-state index in [9.17, 15) is 14.4 Å². The summed E-state index contributed by atoms with van der Waals surface area (Å²) in [5.41, 5.74) is -0.101. The van der Waals surface area contributed by atoms with Gasteiger partial charge in [0.2, 0.25) is 18.2 Å². The Bertz CT molecular complexity index is 605. The van der Waals surface area contributed by atoms with Crippen molar-refractivity contribution < 1.29 is 14.4 Å². The molecule has 0 N–H and O–H groups in total. The van der Waals surface area contributed by atoms with Gasteiger partial charge in [0, 0.05) is 38.9 Å². The maximum absolute atomic E-state index is 12.8. The Morgan fingerprint density at radius 1 is 1.09 bits per heavy atom. The molecule has 0 bridgehead atoms. The van der Waals surface area contributed by atoms with Crippen LogP contribution in [-0.2, 0) is 14.4 Å². The van der Waals surface area contributed by atoms with Crippen LogP contribution in [0.3, 0.4) is 0 Å². The van der Waals surface area contributed by atoms with Gasteiger partial charge in [0.25, 0.3) is 0 Å². The van der Waals surface area contributed by atoms with Crippen molar-refractivity contribution in [2.45, 2.75) is 12.8 Å². The minimum atomic E-state index is -0.895. The van der Waals surface area contributed by atoms with Gasteiger partial charge in [0.15, 0.2) is 0 Å². The fraction of sp³-hybridized carbons (Fsp3) is 0.471. The number of para-hydroxylation sites is 1. The third-order valence-corrected chi connectivity index (χ3v) is 4.77. The quantitative estimate of drug-likeness (QED) is 0.608. The summed E-state index contributed by atoms with van der Waals surface area (Å²) in [6, 6.07) is 9.37. The number of amides is 3. The van der Waals surface area contributed by atoms with E-state index in [1.807, 2.05) is 30.3 Å². The summed E-state index contributed by atoms with van der Waals surface area (Å²) in [5.74, 6) is -0.220. The lowest BCUT2D eigenvalue weighted by molar-refractivity contribution is -0.145. The van der Waals surface area contributed by atoms with E-state index in [4.69, 9.17) is 0 Å². The van der Waals surface area contributed by atoms with Crippen molar-refractivity contribution in [2.75, 3.05) is 38.1 Å². The summed E-state index contributed by atoms with van der Waals surface area (Å²) in [7, 11) is 1.72. The minimum absolute atomic E-state index is 0.0872. The van der Waals surface area contributed by atoms with E-state index in [0.717, 1.165) is 12.1 Å². The number of nitrogens with zero attached hydrogens (tertiary/aromatic N) is 3. The molecule has 1 aromatic rings. The largest absolute Gasteiger partial charge is 0.342 e. The molecule has 3 amide bonds. The molecule has 1 aliphatic carbocycles. The second-order valence-corrected chi connectivity index (χ2v) is 6.22. The summed E-state index contributed by atoms with van der Waals surface area (Å²) >= 11 is 0. The predicted molar refractivity (Wildman–Crippen MR) is 85.7 cm³/mol. The molecule has 2 fully saturated rings.